The predicted octanol–water partition coefficient (Wildman–Crippen LogP) is 5.52. The Morgan fingerprint density at radius 3 is 1.41 bits per heavy atom. The number of rotatable bonds is 0. The van der Waals surface area contributed by atoms with Gasteiger partial charge in [-0.25, -0.2) is 0 Å². The van der Waals surface area contributed by atoms with Gasteiger partial charge in [0.15, 0.2) is 0 Å². The summed E-state index contributed by atoms with van der Waals surface area (Å²) >= 11 is 0. The molecule has 0 heteroatoms. The molecule has 0 atom stereocenters. The lowest BCUT2D eigenvalue weighted by atomic mass is 9.74. The molecule has 0 aromatic carbocycles. The summed E-state index contributed by atoms with van der Waals surface area (Å²) in [6.45, 7) is 20.5. The van der Waals surface area contributed by atoms with Crippen LogP contribution < -0.4 is 0 Å². The fraction of sp³-hybridized carbons (Fsp3) is 0.706. The smallest absolute Gasteiger partial charge is 0.00340 e. The SMILES string of the molecule is CC(C)(C)C1=C=C(C(C)(C)C)C(C(C)(C)C)=C1. The molecule has 0 amide bonds. The fourth-order valence-corrected chi connectivity index (χ4v) is 2.04. The van der Waals surface area contributed by atoms with Gasteiger partial charge in [0.1, 0.15) is 0 Å². The third kappa shape index (κ3) is 3.13. The van der Waals surface area contributed by atoms with E-state index < -0.39 is 0 Å². The summed E-state index contributed by atoms with van der Waals surface area (Å²) in [5.41, 5.74) is 8.40. The van der Waals surface area contributed by atoms with Gasteiger partial charge in [-0.1, -0.05) is 62.3 Å². The molecule has 0 bridgehead atoms. The fourth-order valence-electron chi connectivity index (χ4n) is 2.04. The van der Waals surface area contributed by atoms with Crippen molar-refractivity contribution in [2.24, 2.45) is 16.2 Å². The van der Waals surface area contributed by atoms with Gasteiger partial charge in [-0.15, -0.1) is 5.73 Å². The monoisotopic (exact) mass is 232 g/mol. The van der Waals surface area contributed by atoms with Crippen molar-refractivity contribution in [3.8, 4) is 0 Å². The molecule has 0 heterocycles. The molecule has 1 rings (SSSR count). The van der Waals surface area contributed by atoms with Crippen LogP contribution in [-0.4, -0.2) is 0 Å². The quantitative estimate of drug-likeness (QED) is 0.483. The lowest BCUT2D eigenvalue weighted by Gasteiger charge is -2.30. The van der Waals surface area contributed by atoms with Gasteiger partial charge in [-0.2, -0.15) is 0 Å². The van der Waals surface area contributed by atoms with Crippen LogP contribution >= 0.6 is 0 Å². The summed E-state index contributed by atoms with van der Waals surface area (Å²) in [7, 11) is 0. The van der Waals surface area contributed by atoms with Gasteiger partial charge in [0.2, 0.25) is 0 Å². The molecular weight excluding hydrogens is 204 g/mol. The Morgan fingerprint density at radius 1 is 0.706 bits per heavy atom. The summed E-state index contributed by atoms with van der Waals surface area (Å²) in [5, 5.41) is 0. The van der Waals surface area contributed by atoms with Gasteiger partial charge in [-0.05, 0) is 33.5 Å². The second-order valence-electron chi connectivity index (χ2n) is 8.22. The zero-order valence-electron chi connectivity index (χ0n) is 13.1. The average molecular weight is 232 g/mol. The Bertz CT molecular complexity index is 402. The van der Waals surface area contributed by atoms with Crippen LogP contribution in [0.15, 0.2) is 28.5 Å². The van der Waals surface area contributed by atoms with E-state index >= 15 is 0 Å². The van der Waals surface area contributed by atoms with Crippen LogP contribution in [0, 0.1) is 16.2 Å². The van der Waals surface area contributed by atoms with Crippen molar-refractivity contribution in [1.29, 1.82) is 0 Å². The molecule has 17 heavy (non-hydrogen) atoms. The van der Waals surface area contributed by atoms with Gasteiger partial charge in [0, 0.05) is 5.57 Å². The first-order chi connectivity index (χ1) is 7.33. The maximum Gasteiger partial charge on any atom is 0.00340 e. The first-order valence-electron chi connectivity index (χ1n) is 6.58. The van der Waals surface area contributed by atoms with Crippen molar-refractivity contribution >= 4 is 0 Å². The predicted molar refractivity (Wildman–Crippen MR) is 77.0 cm³/mol. The summed E-state index contributed by atoms with van der Waals surface area (Å²) in [6.07, 6.45) is 2.36. The maximum absolute atomic E-state index is 3.67. The van der Waals surface area contributed by atoms with E-state index in [0.717, 1.165) is 0 Å². The molecule has 0 aromatic heterocycles. The van der Waals surface area contributed by atoms with Gasteiger partial charge in [0.05, 0.1) is 0 Å². The zero-order valence-corrected chi connectivity index (χ0v) is 13.1. The van der Waals surface area contributed by atoms with Crippen LogP contribution in [0.3, 0.4) is 0 Å². The molecule has 0 fully saturated rings. The minimum atomic E-state index is 0.173. The van der Waals surface area contributed by atoms with Crippen molar-refractivity contribution in [1.82, 2.24) is 0 Å². The molecule has 1 aliphatic carbocycles. The van der Waals surface area contributed by atoms with E-state index in [4.69, 9.17) is 0 Å². The van der Waals surface area contributed by atoms with Gasteiger partial charge >= 0.3 is 0 Å². The van der Waals surface area contributed by atoms with Crippen LogP contribution in [0.5, 0.6) is 0 Å². The van der Waals surface area contributed by atoms with Crippen LogP contribution in [0.1, 0.15) is 62.3 Å². The van der Waals surface area contributed by atoms with Crippen LogP contribution in [0.2, 0.25) is 0 Å². The minimum Gasteiger partial charge on any atom is -0.112 e. The zero-order chi connectivity index (χ0) is 13.6. The molecular formula is C17H28. The Morgan fingerprint density at radius 2 is 1.18 bits per heavy atom. The Hall–Kier alpha value is -0.740. The highest BCUT2D eigenvalue weighted by Crippen LogP contribution is 2.45. The van der Waals surface area contributed by atoms with E-state index in [1.165, 1.54) is 16.7 Å². The molecule has 0 aromatic rings. The highest BCUT2D eigenvalue weighted by Gasteiger charge is 2.33. The van der Waals surface area contributed by atoms with E-state index in [1.807, 2.05) is 0 Å². The van der Waals surface area contributed by atoms with Crippen molar-refractivity contribution in [2.75, 3.05) is 0 Å². The van der Waals surface area contributed by atoms with Crippen molar-refractivity contribution < 1.29 is 0 Å². The Labute approximate surface area is 108 Å². The van der Waals surface area contributed by atoms with E-state index in [1.54, 1.807) is 0 Å². The Balaban J connectivity index is 3.38. The third-order valence-corrected chi connectivity index (χ3v) is 3.18. The minimum absolute atomic E-state index is 0.173. The standard InChI is InChI=1S/C17H28/c1-15(2,3)12-10-13(16(4,5)6)14(11-12)17(7,8)9/h10H,1-9H3. The molecule has 0 aliphatic heterocycles. The summed E-state index contributed by atoms with van der Waals surface area (Å²) in [4.78, 5) is 0. The molecule has 96 valence electrons. The van der Waals surface area contributed by atoms with Crippen molar-refractivity contribution in [3.63, 3.8) is 0 Å². The summed E-state index contributed by atoms with van der Waals surface area (Å²) in [5.74, 6) is 0. The van der Waals surface area contributed by atoms with Crippen LogP contribution in [0.4, 0.5) is 0 Å². The lowest BCUT2D eigenvalue weighted by Crippen LogP contribution is -2.18. The van der Waals surface area contributed by atoms with Gasteiger partial charge < -0.3 is 0 Å². The molecule has 0 nitrogen and oxygen atoms in total. The maximum atomic E-state index is 3.67. The average Bonchev–Trinajstić information content (AvgIpc) is 2.42. The number of hydrogen-bond acceptors (Lipinski definition) is 0. The second-order valence-corrected chi connectivity index (χ2v) is 8.22. The van der Waals surface area contributed by atoms with E-state index in [0.29, 0.717) is 0 Å². The molecule has 1 aliphatic rings. The van der Waals surface area contributed by atoms with E-state index in [2.05, 4.69) is 74.1 Å². The number of allylic oxidation sites excluding steroid dienone is 3. The first-order valence-corrected chi connectivity index (χ1v) is 6.58. The molecule has 0 unspecified atom stereocenters. The molecule has 0 spiro atoms. The highest BCUT2D eigenvalue weighted by molar-refractivity contribution is 5.51. The topological polar surface area (TPSA) is 0 Å². The largest absolute Gasteiger partial charge is 0.112 e. The first kappa shape index (κ1) is 14.3. The van der Waals surface area contributed by atoms with E-state index in [-0.39, 0.29) is 16.2 Å². The molecule has 0 radical (unpaired) electrons. The van der Waals surface area contributed by atoms with Gasteiger partial charge in [-0.3, -0.25) is 0 Å². The van der Waals surface area contributed by atoms with Crippen molar-refractivity contribution in [2.45, 2.75) is 62.3 Å². The van der Waals surface area contributed by atoms with Crippen LogP contribution in [0.25, 0.3) is 0 Å². The van der Waals surface area contributed by atoms with E-state index in [9.17, 15) is 0 Å². The molecule has 0 N–H and O–H groups in total. The number of hydrogen-bond donors (Lipinski definition) is 0. The summed E-state index contributed by atoms with van der Waals surface area (Å²) < 4.78 is 0. The van der Waals surface area contributed by atoms with Crippen LogP contribution in [-0.2, 0) is 0 Å². The Kier molecular flexibility index (Phi) is 3.27. The normalized spacial score (nSPS) is 17.8. The molecule has 0 saturated carbocycles. The highest BCUT2D eigenvalue weighted by atomic mass is 14.4. The summed E-state index contributed by atoms with van der Waals surface area (Å²) in [6, 6.07) is 0. The third-order valence-electron chi connectivity index (χ3n) is 3.18. The molecule has 0 saturated heterocycles. The second kappa shape index (κ2) is 3.89. The lowest BCUT2D eigenvalue weighted by molar-refractivity contribution is 0.448. The van der Waals surface area contributed by atoms with Crippen molar-refractivity contribution in [3.05, 3.63) is 28.5 Å². The van der Waals surface area contributed by atoms with Gasteiger partial charge in [0.25, 0.3) is 0 Å².